The molecule has 0 aromatic carbocycles. The molecule has 2 amide bonds. The fourth-order valence-corrected chi connectivity index (χ4v) is 10.5. The Hall–Kier alpha value is -2.77. The summed E-state index contributed by atoms with van der Waals surface area (Å²) in [6.07, 6.45) is 11.4. The van der Waals surface area contributed by atoms with Gasteiger partial charge in [-0.3, -0.25) is 32.5 Å². The molecular formula is C39H68N7O18P3S. The number of aromatic nitrogens is 4. The van der Waals surface area contributed by atoms with E-state index in [1.54, 1.807) is 0 Å². The van der Waals surface area contributed by atoms with Crippen LogP contribution >= 0.6 is 35.2 Å². The lowest BCUT2D eigenvalue weighted by Crippen LogP contribution is -2.46. The summed E-state index contributed by atoms with van der Waals surface area (Å²) in [4.78, 5) is 98.7. The minimum atomic E-state index is -5.58. The number of nitrogens with one attached hydrogen (secondary N) is 2. The lowest BCUT2D eigenvalue weighted by molar-refractivity contribution is -0.137. The molecule has 3 rings (SSSR count). The molecule has 1 aliphatic rings. The van der Waals surface area contributed by atoms with Crippen LogP contribution in [0.3, 0.4) is 0 Å². The highest BCUT2D eigenvalue weighted by atomic mass is 32.2. The second-order valence-electron chi connectivity index (χ2n) is 16.9. The number of aliphatic hydroxyl groups is 2. The van der Waals surface area contributed by atoms with E-state index in [0.29, 0.717) is 18.6 Å². The van der Waals surface area contributed by atoms with E-state index in [1.807, 2.05) is 0 Å². The van der Waals surface area contributed by atoms with Crippen LogP contribution in [-0.4, -0.2) is 129 Å². The zero-order chi connectivity index (χ0) is 50.4. The van der Waals surface area contributed by atoms with Gasteiger partial charge in [0.25, 0.3) is 0 Å². The van der Waals surface area contributed by atoms with Crippen molar-refractivity contribution in [3.63, 3.8) is 0 Å². The third kappa shape index (κ3) is 22.1. The molecule has 0 saturated carbocycles. The molecule has 10 N–H and O–H groups in total. The zero-order valence-electron chi connectivity index (χ0n) is 38.4. The average molecular weight is 1050 g/mol. The Morgan fingerprint density at radius 2 is 1.46 bits per heavy atom. The lowest BCUT2D eigenvalue weighted by Gasteiger charge is -2.30. The Balaban J connectivity index is 1.28. The SMILES string of the molecule is CC(C)(COP(=O)(O)OP(=O)(O)OC[C@H]1O[C@@H](n2cnc3c(N)ncnc32)[C@H](O)[C@@H]1OP(=O)(O)O)[C@@H](O)C(=O)NCCC(=O)NCCSC(=O)CCCCCCCCCCCCCCCCC=O. The number of nitrogens with two attached hydrogens (primary N) is 1. The van der Waals surface area contributed by atoms with Crippen LogP contribution in [0.5, 0.6) is 0 Å². The van der Waals surface area contributed by atoms with Gasteiger partial charge >= 0.3 is 23.5 Å². The molecule has 1 saturated heterocycles. The molecule has 7 atom stereocenters. The van der Waals surface area contributed by atoms with Crippen molar-refractivity contribution in [2.24, 2.45) is 5.41 Å². The van der Waals surface area contributed by atoms with Crippen LogP contribution in [0.25, 0.3) is 11.2 Å². The molecule has 0 radical (unpaired) electrons. The van der Waals surface area contributed by atoms with Gasteiger partial charge in [0.1, 0.15) is 42.5 Å². The van der Waals surface area contributed by atoms with Gasteiger partial charge in [0.15, 0.2) is 22.8 Å². The molecule has 1 aliphatic heterocycles. The molecular weight excluding hydrogens is 979 g/mol. The molecule has 0 aliphatic carbocycles. The number of anilines is 1. The van der Waals surface area contributed by atoms with Crippen molar-refractivity contribution in [3.05, 3.63) is 12.7 Å². The molecule has 68 heavy (non-hydrogen) atoms. The van der Waals surface area contributed by atoms with Crippen molar-refractivity contribution in [1.82, 2.24) is 30.2 Å². The normalized spacial score (nSPS) is 19.9. The topological polar surface area (TPSA) is 381 Å². The summed E-state index contributed by atoms with van der Waals surface area (Å²) in [5, 5.41) is 26.6. The Morgan fingerprint density at radius 3 is 2.06 bits per heavy atom. The first-order chi connectivity index (χ1) is 32.1. The Kier molecular flexibility index (Phi) is 25.9. The fourth-order valence-electron chi connectivity index (χ4n) is 6.99. The number of aldehydes is 1. The van der Waals surface area contributed by atoms with Crippen LogP contribution in [-0.2, 0) is 55.5 Å². The minimum absolute atomic E-state index is 0.0310. The van der Waals surface area contributed by atoms with Crippen LogP contribution in [0.4, 0.5) is 5.82 Å². The Bertz CT molecular complexity index is 2050. The fraction of sp³-hybridized carbons (Fsp3) is 0.769. The van der Waals surface area contributed by atoms with Crippen molar-refractivity contribution in [1.29, 1.82) is 0 Å². The van der Waals surface area contributed by atoms with Gasteiger partial charge < -0.3 is 55.7 Å². The summed E-state index contributed by atoms with van der Waals surface area (Å²) in [7, 11) is -16.4. The smallest absolute Gasteiger partial charge is 0.386 e. The number of amides is 2. The molecule has 0 bridgehead atoms. The molecule has 1 fully saturated rings. The average Bonchev–Trinajstić information content (AvgIpc) is 3.83. The van der Waals surface area contributed by atoms with Crippen molar-refractivity contribution in [2.75, 3.05) is 37.8 Å². The number of carbonyl (C=O) groups excluding carboxylic acids is 4. The van der Waals surface area contributed by atoms with Crippen molar-refractivity contribution in [2.45, 2.75) is 154 Å². The third-order valence-corrected chi connectivity index (χ3v) is 14.8. The molecule has 25 nitrogen and oxygen atoms in total. The van der Waals surface area contributed by atoms with E-state index in [9.17, 15) is 62.7 Å². The van der Waals surface area contributed by atoms with Gasteiger partial charge in [-0.25, -0.2) is 28.6 Å². The highest BCUT2D eigenvalue weighted by molar-refractivity contribution is 8.13. The molecule has 3 heterocycles. The van der Waals surface area contributed by atoms with Gasteiger partial charge in [-0.1, -0.05) is 103 Å². The monoisotopic (exact) mass is 1050 g/mol. The van der Waals surface area contributed by atoms with E-state index in [1.165, 1.54) is 65.2 Å². The number of fused-ring (bicyclic) bond motifs is 1. The predicted octanol–water partition coefficient (Wildman–Crippen LogP) is 4.11. The van der Waals surface area contributed by atoms with E-state index in [-0.39, 0.29) is 41.6 Å². The van der Waals surface area contributed by atoms with Gasteiger partial charge in [-0.2, -0.15) is 4.31 Å². The van der Waals surface area contributed by atoms with Crippen molar-refractivity contribution in [3.8, 4) is 0 Å². The highest BCUT2D eigenvalue weighted by Gasteiger charge is 2.50. The van der Waals surface area contributed by atoms with Crippen molar-refractivity contribution < 1.29 is 85.3 Å². The quantitative estimate of drug-likeness (QED) is 0.0263. The largest absolute Gasteiger partial charge is 0.481 e. The lowest BCUT2D eigenvalue weighted by atomic mass is 9.87. The Morgan fingerprint density at radius 1 is 0.868 bits per heavy atom. The number of ether oxygens (including phenoxy) is 1. The minimum Gasteiger partial charge on any atom is -0.386 e. The molecule has 388 valence electrons. The van der Waals surface area contributed by atoms with Gasteiger partial charge in [-0.15, -0.1) is 0 Å². The summed E-state index contributed by atoms with van der Waals surface area (Å²) >= 11 is 1.14. The summed E-state index contributed by atoms with van der Waals surface area (Å²) in [6, 6.07) is 0. The number of hydrogen-bond donors (Lipinski definition) is 9. The van der Waals surface area contributed by atoms with E-state index < -0.39 is 84.6 Å². The number of rotatable bonds is 36. The second-order valence-corrected chi connectivity index (χ2v) is 22.3. The molecule has 0 spiro atoms. The van der Waals surface area contributed by atoms with Crippen LogP contribution in [0, 0.1) is 5.41 Å². The summed E-state index contributed by atoms with van der Waals surface area (Å²) in [5.74, 6) is -1.05. The number of aliphatic hydroxyl groups excluding tert-OH is 2. The number of unbranched alkanes of at least 4 members (excludes halogenated alkanes) is 14. The maximum Gasteiger partial charge on any atom is 0.481 e. The summed E-state index contributed by atoms with van der Waals surface area (Å²) in [6.45, 7) is 0.546. The van der Waals surface area contributed by atoms with Crippen LogP contribution < -0.4 is 16.4 Å². The van der Waals surface area contributed by atoms with E-state index >= 15 is 0 Å². The second kappa shape index (κ2) is 29.5. The van der Waals surface area contributed by atoms with E-state index in [0.717, 1.165) is 73.8 Å². The van der Waals surface area contributed by atoms with Gasteiger partial charge in [0, 0.05) is 43.5 Å². The van der Waals surface area contributed by atoms with Crippen LogP contribution in [0.15, 0.2) is 12.7 Å². The zero-order valence-corrected chi connectivity index (χ0v) is 41.9. The molecule has 2 unspecified atom stereocenters. The number of thioether (sulfide) groups is 1. The van der Waals surface area contributed by atoms with Gasteiger partial charge in [-0.05, 0) is 12.8 Å². The Labute approximate surface area is 399 Å². The maximum absolute atomic E-state index is 12.7. The highest BCUT2D eigenvalue weighted by Crippen LogP contribution is 2.61. The van der Waals surface area contributed by atoms with Crippen LogP contribution in [0.2, 0.25) is 0 Å². The maximum atomic E-state index is 12.7. The van der Waals surface area contributed by atoms with Crippen molar-refractivity contribution >= 4 is 75.4 Å². The summed E-state index contributed by atoms with van der Waals surface area (Å²) < 4.78 is 62.4. The number of nitrogens with zero attached hydrogens (tertiary/aromatic N) is 4. The van der Waals surface area contributed by atoms with Gasteiger partial charge in [0.05, 0.1) is 19.5 Å². The molecule has 2 aromatic heterocycles. The van der Waals surface area contributed by atoms with Gasteiger partial charge in [0.2, 0.25) is 11.8 Å². The first-order valence-electron chi connectivity index (χ1n) is 22.5. The number of hydrogen-bond acceptors (Lipinski definition) is 19. The number of nitrogen functional groups attached to an aromatic ring is 1. The van der Waals surface area contributed by atoms with E-state index in [4.69, 9.17) is 19.5 Å². The number of phosphoric acid groups is 3. The number of phosphoric ester groups is 3. The third-order valence-electron chi connectivity index (χ3n) is 10.7. The van der Waals surface area contributed by atoms with Crippen LogP contribution in [0.1, 0.15) is 129 Å². The standard InChI is InChI=1S/C39H68N7O18P3S/c1-39(2,34(51)37(52)42-20-19-29(48)41-21-23-68-30(49)18-16-14-12-10-8-6-4-3-5-7-9-11-13-15-17-22-47)25-61-67(58,59)64-66(56,57)60-24-28-33(63-65(53,54)55)32(50)38(62-28)46-27-45-31-35(40)43-26-44-36(31)46/h22,26-28,32-34,38,50-51H,3-21,23-25H2,1-2H3,(H,41,48)(H,42,52)(H,56,57)(H,58,59)(H2,40,43,44)(H2,53,54,55)/t28-,32-,33-,34+,38-/m1/s1. The molecule has 29 heteroatoms. The number of imidazole rings is 1. The van der Waals surface area contributed by atoms with E-state index in [2.05, 4.69) is 34.4 Å². The summed E-state index contributed by atoms with van der Waals surface area (Å²) in [5.41, 5.74) is 4.28. The predicted molar refractivity (Wildman–Crippen MR) is 247 cm³/mol. The molecule has 2 aromatic rings. The first-order valence-corrected chi connectivity index (χ1v) is 28.0. The number of carbonyl (C=O) groups is 4. The first kappa shape index (κ1) is 59.5.